The largest absolute Gasteiger partial charge is 0.496 e. The van der Waals surface area contributed by atoms with Crippen LogP contribution in [0.25, 0.3) is 11.5 Å². The van der Waals surface area contributed by atoms with Crippen molar-refractivity contribution >= 4 is 43.6 Å². The predicted molar refractivity (Wildman–Crippen MR) is 104 cm³/mol. The summed E-state index contributed by atoms with van der Waals surface area (Å²) in [5, 5.41) is 8.70. The van der Waals surface area contributed by atoms with E-state index in [1.54, 1.807) is 14.2 Å². The van der Waals surface area contributed by atoms with Crippen LogP contribution in [0.1, 0.15) is 5.56 Å². The van der Waals surface area contributed by atoms with Crippen molar-refractivity contribution < 1.29 is 13.9 Å². The summed E-state index contributed by atoms with van der Waals surface area (Å²) in [4.78, 5) is 0. The Morgan fingerprint density at radius 1 is 1.00 bits per heavy atom. The Balaban J connectivity index is 1.75. The lowest BCUT2D eigenvalue weighted by molar-refractivity contribution is 0.398. The maximum absolute atomic E-state index is 5.73. The first kappa shape index (κ1) is 18.3. The Kier molecular flexibility index (Phi) is 6.03. The zero-order chi connectivity index (χ0) is 17.8. The van der Waals surface area contributed by atoms with Gasteiger partial charge in [-0.1, -0.05) is 27.7 Å². The molecule has 0 N–H and O–H groups in total. The SMILES string of the molecule is COc1cc(CSc2nnc(-c3ccc(Br)cc3)o2)c(OC)cc1Br. The summed E-state index contributed by atoms with van der Waals surface area (Å²) < 4.78 is 18.3. The molecule has 3 aromatic rings. The zero-order valence-electron chi connectivity index (χ0n) is 13.5. The second kappa shape index (κ2) is 8.25. The van der Waals surface area contributed by atoms with Gasteiger partial charge in [0.05, 0.1) is 18.7 Å². The molecule has 0 aliphatic rings. The third kappa shape index (κ3) is 4.37. The van der Waals surface area contributed by atoms with Crippen molar-refractivity contribution in [3.05, 3.63) is 50.9 Å². The first-order chi connectivity index (χ1) is 12.1. The summed E-state index contributed by atoms with van der Waals surface area (Å²) in [5.74, 6) is 2.63. The second-order valence-electron chi connectivity index (χ2n) is 4.97. The zero-order valence-corrected chi connectivity index (χ0v) is 17.4. The van der Waals surface area contributed by atoms with Gasteiger partial charge >= 0.3 is 0 Å². The van der Waals surface area contributed by atoms with E-state index < -0.39 is 0 Å². The van der Waals surface area contributed by atoms with E-state index in [9.17, 15) is 0 Å². The molecule has 0 radical (unpaired) electrons. The minimum Gasteiger partial charge on any atom is -0.496 e. The van der Waals surface area contributed by atoms with Gasteiger partial charge in [-0.15, -0.1) is 10.2 Å². The van der Waals surface area contributed by atoms with Gasteiger partial charge in [0.1, 0.15) is 11.5 Å². The first-order valence-corrected chi connectivity index (χ1v) is 9.80. The summed E-state index contributed by atoms with van der Waals surface area (Å²) in [6.07, 6.45) is 0. The molecular weight excluding hydrogens is 472 g/mol. The minimum absolute atomic E-state index is 0.496. The van der Waals surface area contributed by atoms with Gasteiger partial charge in [-0.3, -0.25) is 0 Å². The van der Waals surface area contributed by atoms with E-state index >= 15 is 0 Å². The summed E-state index contributed by atoms with van der Waals surface area (Å²) in [6.45, 7) is 0. The molecule has 0 spiro atoms. The van der Waals surface area contributed by atoms with E-state index in [0.717, 1.165) is 31.6 Å². The van der Waals surface area contributed by atoms with Crippen LogP contribution in [-0.4, -0.2) is 24.4 Å². The number of rotatable bonds is 6. The number of methoxy groups -OCH3 is 2. The molecule has 0 fully saturated rings. The van der Waals surface area contributed by atoms with Gasteiger partial charge in [-0.2, -0.15) is 0 Å². The molecule has 0 saturated carbocycles. The van der Waals surface area contributed by atoms with Gasteiger partial charge in [0.25, 0.3) is 5.22 Å². The number of hydrogen-bond acceptors (Lipinski definition) is 6. The fourth-order valence-electron chi connectivity index (χ4n) is 2.15. The predicted octanol–water partition coefficient (Wildman–Crippen LogP) is 5.57. The summed E-state index contributed by atoms with van der Waals surface area (Å²) in [7, 11) is 3.27. The van der Waals surface area contributed by atoms with Gasteiger partial charge in [0.15, 0.2) is 0 Å². The highest BCUT2D eigenvalue weighted by Gasteiger charge is 2.13. The summed E-state index contributed by atoms with van der Waals surface area (Å²) >= 11 is 8.31. The standard InChI is InChI=1S/C17H14Br2N2O3S/c1-22-14-8-13(19)15(23-2)7-11(14)9-25-17-21-20-16(24-17)10-3-5-12(18)6-4-10/h3-8H,9H2,1-2H3. The van der Waals surface area contributed by atoms with E-state index in [4.69, 9.17) is 13.9 Å². The van der Waals surface area contributed by atoms with Gasteiger partial charge in [0.2, 0.25) is 5.89 Å². The van der Waals surface area contributed by atoms with Gasteiger partial charge in [-0.05, 0) is 52.3 Å². The number of aromatic nitrogens is 2. The Morgan fingerprint density at radius 3 is 2.40 bits per heavy atom. The number of nitrogens with zero attached hydrogens (tertiary/aromatic N) is 2. The normalized spacial score (nSPS) is 10.7. The van der Waals surface area contributed by atoms with Gasteiger partial charge in [0, 0.05) is 21.4 Å². The highest BCUT2D eigenvalue weighted by atomic mass is 79.9. The number of benzene rings is 2. The molecule has 0 unspecified atom stereocenters. The molecule has 1 aromatic heterocycles. The lowest BCUT2D eigenvalue weighted by Crippen LogP contribution is -1.93. The van der Waals surface area contributed by atoms with E-state index in [2.05, 4.69) is 42.1 Å². The van der Waals surface area contributed by atoms with Crippen molar-refractivity contribution in [2.75, 3.05) is 14.2 Å². The molecule has 0 saturated heterocycles. The van der Waals surface area contributed by atoms with Crippen LogP contribution in [0.15, 0.2) is 55.0 Å². The van der Waals surface area contributed by atoms with E-state index in [0.29, 0.717) is 16.9 Å². The van der Waals surface area contributed by atoms with Crippen molar-refractivity contribution in [3.63, 3.8) is 0 Å². The van der Waals surface area contributed by atoms with E-state index in [1.165, 1.54) is 11.8 Å². The minimum atomic E-state index is 0.496. The van der Waals surface area contributed by atoms with Gasteiger partial charge < -0.3 is 13.9 Å². The van der Waals surface area contributed by atoms with Crippen LogP contribution in [0.5, 0.6) is 11.5 Å². The Bertz CT molecular complexity index is 869. The molecule has 5 nitrogen and oxygen atoms in total. The molecule has 1 heterocycles. The van der Waals surface area contributed by atoms with E-state index in [-0.39, 0.29) is 0 Å². The molecule has 0 aliphatic heterocycles. The molecule has 25 heavy (non-hydrogen) atoms. The molecule has 0 bridgehead atoms. The molecule has 130 valence electrons. The van der Waals surface area contributed by atoms with Crippen molar-refractivity contribution in [1.29, 1.82) is 0 Å². The number of ether oxygens (including phenoxy) is 2. The monoisotopic (exact) mass is 484 g/mol. The molecule has 0 amide bonds. The fraction of sp³-hybridized carbons (Fsp3) is 0.176. The molecule has 2 aromatic carbocycles. The number of halogens is 2. The Hall–Kier alpha value is -1.51. The first-order valence-electron chi connectivity index (χ1n) is 7.23. The van der Waals surface area contributed by atoms with Crippen molar-refractivity contribution in [3.8, 4) is 23.0 Å². The maximum atomic E-state index is 5.73. The second-order valence-corrected chi connectivity index (χ2v) is 7.66. The van der Waals surface area contributed by atoms with Crippen molar-refractivity contribution in [2.45, 2.75) is 11.0 Å². The molecule has 3 rings (SSSR count). The molecule has 0 aliphatic carbocycles. The average Bonchev–Trinajstić information content (AvgIpc) is 3.10. The lowest BCUT2D eigenvalue weighted by Gasteiger charge is -2.11. The topological polar surface area (TPSA) is 57.4 Å². The van der Waals surface area contributed by atoms with Gasteiger partial charge in [-0.25, -0.2) is 0 Å². The molecule has 8 heteroatoms. The Morgan fingerprint density at radius 2 is 1.72 bits per heavy atom. The smallest absolute Gasteiger partial charge is 0.277 e. The molecule has 0 atom stereocenters. The van der Waals surface area contributed by atoms with Crippen LogP contribution in [0, 0.1) is 0 Å². The number of hydrogen-bond donors (Lipinski definition) is 0. The van der Waals surface area contributed by atoms with Crippen LogP contribution >= 0.6 is 43.6 Å². The third-order valence-corrected chi connectivity index (χ3v) is 5.42. The average molecular weight is 486 g/mol. The van der Waals surface area contributed by atoms with Crippen molar-refractivity contribution in [1.82, 2.24) is 10.2 Å². The van der Waals surface area contributed by atoms with Crippen LogP contribution in [0.3, 0.4) is 0 Å². The van der Waals surface area contributed by atoms with E-state index in [1.807, 2.05) is 36.4 Å². The molecular formula is C17H14Br2N2O3S. The fourth-order valence-corrected chi connectivity index (χ4v) is 3.64. The Labute approximate surface area is 166 Å². The lowest BCUT2D eigenvalue weighted by atomic mass is 10.2. The van der Waals surface area contributed by atoms with Crippen LogP contribution in [-0.2, 0) is 5.75 Å². The van der Waals surface area contributed by atoms with Crippen molar-refractivity contribution in [2.24, 2.45) is 0 Å². The number of thioether (sulfide) groups is 1. The summed E-state index contributed by atoms with van der Waals surface area (Å²) in [6, 6.07) is 11.5. The van der Waals surface area contributed by atoms with Crippen LogP contribution < -0.4 is 9.47 Å². The summed E-state index contributed by atoms with van der Waals surface area (Å²) in [5.41, 5.74) is 1.86. The highest BCUT2D eigenvalue weighted by molar-refractivity contribution is 9.10. The highest BCUT2D eigenvalue weighted by Crippen LogP contribution is 2.36. The van der Waals surface area contributed by atoms with Crippen LogP contribution in [0.4, 0.5) is 0 Å². The van der Waals surface area contributed by atoms with Crippen LogP contribution in [0.2, 0.25) is 0 Å². The third-order valence-electron chi connectivity index (χ3n) is 3.40. The maximum Gasteiger partial charge on any atom is 0.277 e. The quantitative estimate of drug-likeness (QED) is 0.425.